The second-order valence-electron chi connectivity index (χ2n) is 5.33. The lowest BCUT2D eigenvalue weighted by Crippen LogP contribution is -2.21. The first-order valence-corrected chi connectivity index (χ1v) is 6.91. The fourth-order valence-corrected chi connectivity index (χ4v) is 1.88. The maximum Gasteiger partial charge on any atom is 0.126 e. The molecule has 0 spiro atoms. The van der Waals surface area contributed by atoms with Gasteiger partial charge in [-0.05, 0) is 50.8 Å². The van der Waals surface area contributed by atoms with E-state index in [0.29, 0.717) is 0 Å². The van der Waals surface area contributed by atoms with E-state index in [2.05, 4.69) is 45.1 Å². The van der Waals surface area contributed by atoms with Crippen molar-refractivity contribution in [1.82, 2.24) is 0 Å². The van der Waals surface area contributed by atoms with E-state index in [1.807, 2.05) is 6.07 Å². The molecule has 19 heavy (non-hydrogen) atoms. The SMILES string of the molecule is CCc1ccc(OC)c(/C=C/CCC(C)(C)OC)c1. The molecule has 0 unspecified atom stereocenters. The number of aryl methyl sites for hydroxylation is 1. The third-order valence-corrected chi connectivity index (χ3v) is 3.47. The van der Waals surface area contributed by atoms with E-state index in [9.17, 15) is 0 Å². The quantitative estimate of drug-likeness (QED) is 0.721. The Morgan fingerprint density at radius 1 is 1.21 bits per heavy atom. The van der Waals surface area contributed by atoms with Gasteiger partial charge >= 0.3 is 0 Å². The highest BCUT2D eigenvalue weighted by atomic mass is 16.5. The fraction of sp³-hybridized carbons (Fsp3) is 0.529. The first-order chi connectivity index (χ1) is 9.02. The number of hydrogen-bond acceptors (Lipinski definition) is 2. The average Bonchev–Trinajstić information content (AvgIpc) is 2.43. The summed E-state index contributed by atoms with van der Waals surface area (Å²) in [6.45, 7) is 6.38. The molecule has 0 aliphatic heterocycles. The molecular formula is C17H26O2. The smallest absolute Gasteiger partial charge is 0.126 e. The predicted molar refractivity (Wildman–Crippen MR) is 81.7 cm³/mol. The summed E-state index contributed by atoms with van der Waals surface area (Å²) >= 11 is 0. The zero-order chi connectivity index (χ0) is 14.3. The molecule has 0 aliphatic carbocycles. The number of benzene rings is 1. The second-order valence-corrected chi connectivity index (χ2v) is 5.33. The Morgan fingerprint density at radius 2 is 1.95 bits per heavy atom. The van der Waals surface area contributed by atoms with Crippen LogP contribution in [-0.2, 0) is 11.2 Å². The van der Waals surface area contributed by atoms with Gasteiger partial charge in [-0.25, -0.2) is 0 Å². The summed E-state index contributed by atoms with van der Waals surface area (Å²) in [6.07, 6.45) is 7.39. The van der Waals surface area contributed by atoms with Crippen molar-refractivity contribution in [3.05, 3.63) is 35.4 Å². The number of hydrogen-bond donors (Lipinski definition) is 0. The monoisotopic (exact) mass is 262 g/mol. The topological polar surface area (TPSA) is 18.5 Å². The molecule has 1 aromatic rings. The minimum absolute atomic E-state index is 0.0559. The van der Waals surface area contributed by atoms with Gasteiger partial charge in [-0.2, -0.15) is 0 Å². The highest BCUT2D eigenvalue weighted by Gasteiger charge is 2.14. The molecule has 0 saturated heterocycles. The van der Waals surface area contributed by atoms with Crippen molar-refractivity contribution >= 4 is 6.08 Å². The third kappa shape index (κ3) is 5.07. The van der Waals surface area contributed by atoms with Crippen molar-refractivity contribution in [3.63, 3.8) is 0 Å². The molecule has 0 aromatic heterocycles. The van der Waals surface area contributed by atoms with Gasteiger partial charge < -0.3 is 9.47 Å². The van der Waals surface area contributed by atoms with Gasteiger partial charge in [0.05, 0.1) is 12.7 Å². The number of ether oxygens (including phenoxy) is 2. The minimum atomic E-state index is -0.0559. The zero-order valence-electron chi connectivity index (χ0n) is 12.8. The van der Waals surface area contributed by atoms with Crippen LogP contribution in [0, 0.1) is 0 Å². The van der Waals surface area contributed by atoms with Gasteiger partial charge in [0, 0.05) is 12.7 Å². The van der Waals surface area contributed by atoms with Gasteiger partial charge in [0.25, 0.3) is 0 Å². The summed E-state index contributed by atoms with van der Waals surface area (Å²) < 4.78 is 10.8. The molecule has 0 heterocycles. The van der Waals surface area contributed by atoms with Crippen LogP contribution >= 0.6 is 0 Å². The lowest BCUT2D eigenvalue weighted by atomic mass is 10.0. The molecule has 2 heteroatoms. The van der Waals surface area contributed by atoms with Crippen molar-refractivity contribution in [2.45, 2.75) is 45.6 Å². The van der Waals surface area contributed by atoms with Crippen LogP contribution in [0.1, 0.15) is 44.7 Å². The van der Waals surface area contributed by atoms with E-state index >= 15 is 0 Å². The third-order valence-electron chi connectivity index (χ3n) is 3.47. The summed E-state index contributed by atoms with van der Waals surface area (Å²) in [5.74, 6) is 0.930. The van der Waals surface area contributed by atoms with E-state index < -0.39 is 0 Å². The van der Waals surface area contributed by atoms with Gasteiger partial charge in [-0.3, -0.25) is 0 Å². The summed E-state index contributed by atoms with van der Waals surface area (Å²) in [5, 5.41) is 0. The molecule has 106 valence electrons. The van der Waals surface area contributed by atoms with Gasteiger partial charge in [0.1, 0.15) is 5.75 Å². The van der Waals surface area contributed by atoms with Crippen LogP contribution in [0.2, 0.25) is 0 Å². The molecule has 0 saturated carbocycles. The normalized spacial score (nSPS) is 12.1. The van der Waals surface area contributed by atoms with E-state index in [4.69, 9.17) is 9.47 Å². The van der Waals surface area contributed by atoms with E-state index in [1.165, 1.54) is 5.56 Å². The molecule has 1 rings (SSSR count). The Hall–Kier alpha value is -1.28. The molecular weight excluding hydrogens is 236 g/mol. The summed E-state index contributed by atoms with van der Waals surface area (Å²) in [6, 6.07) is 6.35. The van der Waals surface area contributed by atoms with Gasteiger partial charge in [-0.1, -0.05) is 25.1 Å². The molecule has 0 N–H and O–H groups in total. The Bertz CT molecular complexity index is 419. The minimum Gasteiger partial charge on any atom is -0.496 e. The first-order valence-electron chi connectivity index (χ1n) is 6.91. The summed E-state index contributed by atoms with van der Waals surface area (Å²) in [4.78, 5) is 0. The van der Waals surface area contributed by atoms with Crippen molar-refractivity contribution in [3.8, 4) is 5.75 Å². The van der Waals surface area contributed by atoms with Gasteiger partial charge in [0.15, 0.2) is 0 Å². The van der Waals surface area contributed by atoms with E-state index in [1.54, 1.807) is 14.2 Å². The average molecular weight is 262 g/mol. The van der Waals surface area contributed by atoms with Gasteiger partial charge in [-0.15, -0.1) is 0 Å². The molecule has 0 atom stereocenters. The van der Waals surface area contributed by atoms with E-state index in [-0.39, 0.29) is 5.60 Å². The van der Waals surface area contributed by atoms with Crippen LogP contribution in [0.3, 0.4) is 0 Å². The van der Waals surface area contributed by atoms with Crippen molar-refractivity contribution in [2.24, 2.45) is 0 Å². The van der Waals surface area contributed by atoms with Crippen molar-refractivity contribution in [2.75, 3.05) is 14.2 Å². The van der Waals surface area contributed by atoms with Crippen LogP contribution in [0.15, 0.2) is 24.3 Å². The number of methoxy groups -OCH3 is 2. The first kappa shape index (κ1) is 15.8. The van der Waals surface area contributed by atoms with Crippen LogP contribution < -0.4 is 4.74 Å². The fourth-order valence-electron chi connectivity index (χ4n) is 1.88. The predicted octanol–water partition coefficient (Wildman–Crippen LogP) is 4.48. The van der Waals surface area contributed by atoms with Gasteiger partial charge in [0.2, 0.25) is 0 Å². The van der Waals surface area contributed by atoms with Crippen LogP contribution in [0.4, 0.5) is 0 Å². The Morgan fingerprint density at radius 3 is 2.53 bits per heavy atom. The maximum absolute atomic E-state index is 5.41. The summed E-state index contributed by atoms with van der Waals surface area (Å²) in [5.41, 5.74) is 2.43. The maximum atomic E-state index is 5.41. The van der Waals surface area contributed by atoms with Crippen LogP contribution in [-0.4, -0.2) is 19.8 Å². The van der Waals surface area contributed by atoms with Crippen molar-refractivity contribution < 1.29 is 9.47 Å². The lowest BCUT2D eigenvalue weighted by Gasteiger charge is -2.21. The standard InChI is InChI=1S/C17H26O2/c1-6-14-10-11-16(18-4)15(13-14)9-7-8-12-17(2,3)19-5/h7,9-11,13H,6,8,12H2,1-5H3/b9-7+. The number of rotatable bonds is 7. The largest absolute Gasteiger partial charge is 0.496 e. The molecule has 0 fully saturated rings. The Labute approximate surface area is 117 Å². The Kier molecular flexibility index (Phi) is 6.10. The van der Waals surface area contributed by atoms with Crippen LogP contribution in [0.25, 0.3) is 6.08 Å². The zero-order valence-corrected chi connectivity index (χ0v) is 12.8. The van der Waals surface area contributed by atoms with Crippen LogP contribution in [0.5, 0.6) is 5.75 Å². The molecule has 0 amide bonds. The van der Waals surface area contributed by atoms with Crippen molar-refractivity contribution in [1.29, 1.82) is 0 Å². The lowest BCUT2D eigenvalue weighted by molar-refractivity contribution is 0.0164. The second kappa shape index (κ2) is 7.34. The van der Waals surface area contributed by atoms with E-state index in [0.717, 1.165) is 30.6 Å². The molecule has 0 radical (unpaired) electrons. The molecule has 2 nitrogen and oxygen atoms in total. The molecule has 1 aromatic carbocycles. The number of allylic oxidation sites excluding steroid dienone is 1. The Balaban J connectivity index is 2.70. The molecule has 0 bridgehead atoms. The molecule has 0 aliphatic rings. The highest BCUT2D eigenvalue weighted by Crippen LogP contribution is 2.23. The summed E-state index contributed by atoms with van der Waals surface area (Å²) in [7, 11) is 3.48. The highest BCUT2D eigenvalue weighted by molar-refractivity contribution is 5.58.